The zero-order chi connectivity index (χ0) is 21.4. The van der Waals surface area contributed by atoms with Crippen LogP contribution in [-0.4, -0.2) is 36.8 Å². The van der Waals surface area contributed by atoms with E-state index < -0.39 is 22.8 Å². The van der Waals surface area contributed by atoms with Crippen molar-refractivity contribution in [3.63, 3.8) is 0 Å². The molecular formula is C20H22ClFN2O5. The number of hydrogen-bond acceptors (Lipinski definition) is 6. The molecule has 29 heavy (non-hydrogen) atoms. The Hall–Kier alpha value is -2.39. The largest absolute Gasteiger partial charge is 0.352 e. The number of carbonyl (C=O) groups is 1. The van der Waals surface area contributed by atoms with Gasteiger partial charge in [0.15, 0.2) is 12.1 Å². The summed E-state index contributed by atoms with van der Waals surface area (Å²) in [6, 6.07) is 7.52. The molecule has 2 aromatic rings. The third-order valence-corrected chi connectivity index (χ3v) is 4.38. The molecule has 0 radical (unpaired) electrons. The van der Waals surface area contributed by atoms with Gasteiger partial charge < -0.3 is 14.8 Å². The zero-order valence-corrected chi connectivity index (χ0v) is 16.9. The first-order chi connectivity index (χ1) is 13.9. The fourth-order valence-electron chi connectivity index (χ4n) is 2.71. The van der Waals surface area contributed by atoms with Gasteiger partial charge in [-0.1, -0.05) is 23.7 Å². The van der Waals surface area contributed by atoms with Gasteiger partial charge in [0.1, 0.15) is 5.82 Å². The number of ether oxygens (including phenoxy) is 2. The van der Waals surface area contributed by atoms with Crippen LogP contribution in [0.15, 0.2) is 36.4 Å². The monoisotopic (exact) mass is 424 g/mol. The minimum atomic E-state index is -0.619. The summed E-state index contributed by atoms with van der Waals surface area (Å²) in [4.78, 5) is 23.6. The first-order valence-corrected chi connectivity index (χ1v) is 9.46. The molecule has 0 unspecified atom stereocenters. The highest BCUT2D eigenvalue weighted by Gasteiger charge is 2.20. The molecule has 0 heterocycles. The number of rotatable bonds is 11. The van der Waals surface area contributed by atoms with Gasteiger partial charge in [-0.2, -0.15) is 0 Å². The van der Waals surface area contributed by atoms with E-state index in [2.05, 4.69) is 5.32 Å². The highest BCUT2D eigenvalue weighted by molar-refractivity contribution is 6.35. The zero-order valence-electron chi connectivity index (χ0n) is 16.1. The second-order valence-electron chi connectivity index (χ2n) is 6.03. The number of nitrogens with zero attached hydrogens (tertiary/aromatic N) is 1. The molecule has 0 amide bonds. The summed E-state index contributed by atoms with van der Waals surface area (Å²) in [6.45, 7) is 5.17. The minimum Gasteiger partial charge on any atom is -0.352 e. The molecule has 0 aliphatic rings. The Morgan fingerprint density at radius 3 is 2.52 bits per heavy atom. The van der Waals surface area contributed by atoms with E-state index in [0.29, 0.717) is 25.3 Å². The number of carbonyl (C=O) groups excluding carboxylic acids is 1. The molecule has 0 aliphatic heterocycles. The Bertz CT molecular complexity index is 872. The lowest BCUT2D eigenvalue weighted by molar-refractivity contribution is -0.385. The van der Waals surface area contributed by atoms with Crippen molar-refractivity contribution in [3.05, 3.63) is 74.0 Å². The van der Waals surface area contributed by atoms with Crippen molar-refractivity contribution in [1.29, 1.82) is 0 Å². The lowest BCUT2D eigenvalue weighted by Gasteiger charge is -2.17. The summed E-state index contributed by atoms with van der Waals surface area (Å²) in [5.41, 5.74) is 0.168. The summed E-state index contributed by atoms with van der Waals surface area (Å²) >= 11 is 5.97. The van der Waals surface area contributed by atoms with Crippen molar-refractivity contribution in [3.8, 4) is 0 Å². The van der Waals surface area contributed by atoms with Crippen molar-refractivity contribution in [2.75, 3.05) is 19.8 Å². The molecule has 9 heteroatoms. The molecule has 1 N–H and O–H groups in total. The lowest BCUT2D eigenvalue weighted by Crippen LogP contribution is -2.31. The Balaban J connectivity index is 2.19. The van der Waals surface area contributed by atoms with Gasteiger partial charge in [-0.3, -0.25) is 14.9 Å². The molecule has 0 fully saturated rings. The van der Waals surface area contributed by atoms with Gasteiger partial charge in [0.2, 0.25) is 0 Å². The van der Waals surface area contributed by atoms with Crippen LogP contribution in [0.2, 0.25) is 5.02 Å². The van der Waals surface area contributed by atoms with Gasteiger partial charge in [-0.25, -0.2) is 4.39 Å². The first-order valence-electron chi connectivity index (χ1n) is 9.08. The van der Waals surface area contributed by atoms with Gasteiger partial charge in [-0.05, 0) is 32.0 Å². The number of ketones is 1. The normalized spacial score (nSPS) is 11.1. The maximum Gasteiger partial charge on any atom is 0.274 e. The Kier molecular flexibility index (Phi) is 8.66. The highest BCUT2D eigenvalue weighted by Crippen LogP contribution is 2.25. The smallest absolute Gasteiger partial charge is 0.274 e. The molecule has 2 aromatic carbocycles. The summed E-state index contributed by atoms with van der Waals surface area (Å²) < 4.78 is 24.3. The van der Waals surface area contributed by atoms with Gasteiger partial charge >= 0.3 is 0 Å². The second-order valence-corrected chi connectivity index (χ2v) is 6.43. The van der Waals surface area contributed by atoms with Gasteiger partial charge in [0, 0.05) is 49.1 Å². The van der Waals surface area contributed by atoms with Crippen molar-refractivity contribution in [2.45, 2.75) is 26.7 Å². The number of nitro groups is 1. The molecule has 7 nitrogen and oxygen atoms in total. The van der Waals surface area contributed by atoms with Crippen LogP contribution in [0, 0.1) is 15.9 Å². The SMILES string of the molecule is CCOC(CNCc1ccc(C(=O)c2cc(F)ccc2Cl)cc1[N+](=O)[O-])OCC. The minimum absolute atomic E-state index is 0.0504. The molecule has 0 spiro atoms. The summed E-state index contributed by atoms with van der Waals surface area (Å²) in [5.74, 6) is -1.21. The molecular weight excluding hydrogens is 403 g/mol. The summed E-state index contributed by atoms with van der Waals surface area (Å²) in [5, 5.41) is 14.6. The van der Waals surface area contributed by atoms with E-state index in [9.17, 15) is 19.3 Å². The second kappa shape index (κ2) is 11.0. The quantitative estimate of drug-likeness (QED) is 0.253. The van der Waals surface area contributed by atoms with E-state index in [1.807, 2.05) is 13.8 Å². The lowest BCUT2D eigenvalue weighted by atomic mass is 10.0. The predicted molar refractivity (Wildman–Crippen MR) is 107 cm³/mol. The van der Waals surface area contributed by atoms with E-state index >= 15 is 0 Å². The molecule has 0 aromatic heterocycles. The molecule has 156 valence electrons. The molecule has 0 saturated heterocycles. The molecule has 0 aliphatic carbocycles. The Labute approximate surface area is 172 Å². The van der Waals surface area contributed by atoms with E-state index in [0.717, 1.165) is 12.1 Å². The average molecular weight is 425 g/mol. The van der Waals surface area contributed by atoms with Gasteiger partial charge in [-0.15, -0.1) is 0 Å². The fourth-order valence-corrected chi connectivity index (χ4v) is 2.92. The average Bonchev–Trinajstić information content (AvgIpc) is 2.69. The van der Waals surface area contributed by atoms with Crippen LogP contribution in [0.5, 0.6) is 0 Å². The van der Waals surface area contributed by atoms with Crippen LogP contribution in [0.1, 0.15) is 35.3 Å². The maximum atomic E-state index is 13.5. The van der Waals surface area contributed by atoms with Crippen LogP contribution in [0.4, 0.5) is 10.1 Å². The van der Waals surface area contributed by atoms with Crippen molar-refractivity contribution in [2.24, 2.45) is 0 Å². The maximum absolute atomic E-state index is 13.5. The molecule has 0 atom stereocenters. The van der Waals surface area contributed by atoms with Crippen LogP contribution < -0.4 is 5.32 Å². The number of hydrogen-bond donors (Lipinski definition) is 1. The highest BCUT2D eigenvalue weighted by atomic mass is 35.5. The Morgan fingerprint density at radius 1 is 1.21 bits per heavy atom. The van der Waals surface area contributed by atoms with Crippen molar-refractivity contribution < 1.29 is 23.6 Å². The summed E-state index contributed by atoms with van der Waals surface area (Å²) in [6.07, 6.45) is -0.458. The van der Waals surface area contributed by atoms with E-state index in [1.165, 1.54) is 24.3 Å². The van der Waals surface area contributed by atoms with Crippen molar-refractivity contribution >= 4 is 23.1 Å². The third-order valence-electron chi connectivity index (χ3n) is 4.05. The predicted octanol–water partition coefficient (Wildman–Crippen LogP) is 4.11. The van der Waals surface area contributed by atoms with E-state index in [-0.39, 0.29) is 28.4 Å². The number of halogens is 2. The summed E-state index contributed by atoms with van der Waals surface area (Å²) in [7, 11) is 0. The number of nitro benzene ring substituents is 1. The van der Waals surface area contributed by atoms with Gasteiger partial charge in [0.05, 0.1) is 9.95 Å². The molecule has 0 bridgehead atoms. The van der Waals surface area contributed by atoms with Crippen LogP contribution in [0.25, 0.3) is 0 Å². The number of nitrogens with one attached hydrogen (secondary N) is 1. The standard InChI is InChI=1S/C20H22ClFN2O5/c1-3-28-19(29-4-2)12-23-11-14-6-5-13(9-18(14)24(26)27)20(25)16-10-15(22)7-8-17(16)21/h5-10,19,23H,3-4,11-12H2,1-2H3. The van der Waals surface area contributed by atoms with E-state index in [1.54, 1.807) is 0 Å². The first kappa shape index (κ1) is 22.9. The van der Waals surface area contributed by atoms with Crippen molar-refractivity contribution in [1.82, 2.24) is 5.32 Å². The van der Waals surface area contributed by atoms with Gasteiger partial charge in [0.25, 0.3) is 5.69 Å². The fraction of sp³-hybridized carbons (Fsp3) is 0.350. The number of benzene rings is 2. The van der Waals surface area contributed by atoms with E-state index in [4.69, 9.17) is 21.1 Å². The van der Waals surface area contributed by atoms with Crippen LogP contribution in [0.3, 0.4) is 0 Å². The Morgan fingerprint density at radius 2 is 1.90 bits per heavy atom. The topological polar surface area (TPSA) is 90.7 Å². The van der Waals surface area contributed by atoms with Crippen LogP contribution in [-0.2, 0) is 16.0 Å². The molecule has 0 saturated carbocycles. The third kappa shape index (κ3) is 6.30. The molecule has 2 rings (SSSR count). The van der Waals surface area contributed by atoms with Crippen LogP contribution >= 0.6 is 11.6 Å².